The Bertz CT molecular complexity index is 534. The topological polar surface area (TPSA) is 98.9 Å². The van der Waals surface area contributed by atoms with Gasteiger partial charge in [0.1, 0.15) is 11.7 Å². The van der Waals surface area contributed by atoms with Crippen molar-refractivity contribution in [2.75, 3.05) is 14.2 Å². The Kier molecular flexibility index (Phi) is 5.87. The second-order valence-corrected chi connectivity index (χ2v) is 5.35. The molecule has 1 aliphatic heterocycles. The van der Waals surface area contributed by atoms with E-state index in [0.717, 1.165) is 0 Å². The van der Waals surface area contributed by atoms with Crippen molar-refractivity contribution in [1.29, 1.82) is 0 Å². The largest absolute Gasteiger partial charge is 0.469 e. The molecule has 1 aliphatic rings. The fourth-order valence-electron chi connectivity index (χ4n) is 2.35. The Hall–Kier alpha value is -2.15. The molecule has 122 valence electrons. The highest BCUT2D eigenvalue weighted by Crippen LogP contribution is 2.31. The molecule has 0 bridgehead atoms. The number of β-lactam (4-membered cyclic amide) rings is 1. The highest BCUT2D eigenvalue weighted by Gasteiger charge is 2.48. The minimum atomic E-state index is -0.728. The fourth-order valence-corrected chi connectivity index (χ4v) is 2.35. The summed E-state index contributed by atoms with van der Waals surface area (Å²) in [4.78, 5) is 36.5. The number of hydrogen-bond donors (Lipinski definition) is 1. The van der Waals surface area contributed by atoms with Crippen LogP contribution in [-0.4, -0.2) is 49.0 Å². The molecule has 1 fully saturated rings. The molecule has 0 saturated carbocycles. The first-order valence-corrected chi connectivity index (χ1v) is 6.82. The van der Waals surface area contributed by atoms with Crippen molar-refractivity contribution in [3.8, 4) is 0 Å². The molecule has 0 aromatic rings. The van der Waals surface area contributed by atoms with Gasteiger partial charge >= 0.3 is 11.9 Å². The Morgan fingerprint density at radius 3 is 2.32 bits per heavy atom. The van der Waals surface area contributed by atoms with E-state index in [1.807, 2.05) is 0 Å². The van der Waals surface area contributed by atoms with Crippen LogP contribution in [0.1, 0.15) is 26.7 Å². The first kappa shape index (κ1) is 17.9. The van der Waals surface area contributed by atoms with E-state index in [-0.39, 0.29) is 18.0 Å². The Morgan fingerprint density at radius 2 is 1.86 bits per heavy atom. The molecule has 0 aromatic heterocycles. The summed E-state index contributed by atoms with van der Waals surface area (Å²) < 4.78 is 9.30. The van der Waals surface area contributed by atoms with Crippen LogP contribution in [0.15, 0.2) is 23.4 Å². The standard InChI is InChI=1S/C15H22N2O5/c1-8(2)13(15(20)22-5)17-10(12(16)14(17)19)6-9(3)7-11(18)21-4/h10,12H,3,6-7,16H2,1-2,4-5H3. The summed E-state index contributed by atoms with van der Waals surface area (Å²) in [5, 5.41) is 0. The average Bonchev–Trinajstić information content (AvgIpc) is 2.48. The van der Waals surface area contributed by atoms with E-state index in [9.17, 15) is 14.4 Å². The van der Waals surface area contributed by atoms with Gasteiger partial charge in [-0.05, 0) is 25.8 Å². The molecule has 0 aliphatic carbocycles. The molecule has 0 radical (unpaired) electrons. The number of ether oxygens (including phenoxy) is 2. The Balaban J connectivity index is 2.92. The zero-order valence-electron chi connectivity index (χ0n) is 13.3. The lowest BCUT2D eigenvalue weighted by Gasteiger charge is -2.46. The quantitative estimate of drug-likeness (QED) is 0.332. The van der Waals surface area contributed by atoms with Gasteiger partial charge in [-0.15, -0.1) is 0 Å². The summed E-state index contributed by atoms with van der Waals surface area (Å²) in [5.74, 6) is -1.35. The fraction of sp³-hybridized carbons (Fsp3) is 0.533. The number of methoxy groups -OCH3 is 2. The predicted molar refractivity (Wildman–Crippen MR) is 79.4 cm³/mol. The van der Waals surface area contributed by atoms with E-state index in [1.54, 1.807) is 13.8 Å². The SMILES string of the molecule is C=C(CC(=O)OC)CC1C(N)C(=O)N1C(C(=O)OC)=C(C)C. The Labute approximate surface area is 129 Å². The molecular weight excluding hydrogens is 288 g/mol. The first-order chi connectivity index (χ1) is 10.2. The van der Waals surface area contributed by atoms with Crippen molar-refractivity contribution in [1.82, 2.24) is 4.90 Å². The predicted octanol–water partition coefficient (Wildman–Crippen LogP) is 0.501. The number of amides is 1. The third-order valence-corrected chi connectivity index (χ3v) is 3.48. The number of nitrogens with two attached hydrogens (primary N) is 1. The van der Waals surface area contributed by atoms with E-state index in [1.165, 1.54) is 19.1 Å². The highest BCUT2D eigenvalue weighted by atomic mass is 16.5. The molecular formula is C15H22N2O5. The van der Waals surface area contributed by atoms with Crippen LogP contribution in [0.2, 0.25) is 0 Å². The lowest BCUT2D eigenvalue weighted by molar-refractivity contribution is -0.152. The number of likely N-dealkylation sites (tertiary alicyclic amines) is 1. The van der Waals surface area contributed by atoms with Gasteiger partial charge in [-0.2, -0.15) is 0 Å². The van der Waals surface area contributed by atoms with E-state index in [4.69, 9.17) is 10.5 Å². The summed E-state index contributed by atoms with van der Waals surface area (Å²) in [6, 6.07) is -1.15. The lowest BCUT2D eigenvalue weighted by atomic mass is 9.88. The van der Waals surface area contributed by atoms with Crippen molar-refractivity contribution in [2.45, 2.75) is 38.8 Å². The molecule has 1 heterocycles. The average molecular weight is 310 g/mol. The molecule has 1 saturated heterocycles. The number of rotatable bonds is 6. The molecule has 1 rings (SSSR count). The molecule has 22 heavy (non-hydrogen) atoms. The van der Waals surface area contributed by atoms with E-state index in [2.05, 4.69) is 11.3 Å². The second kappa shape index (κ2) is 7.22. The van der Waals surface area contributed by atoms with Crippen LogP contribution in [0.4, 0.5) is 0 Å². The number of hydrogen-bond acceptors (Lipinski definition) is 6. The van der Waals surface area contributed by atoms with Crippen molar-refractivity contribution in [3.63, 3.8) is 0 Å². The van der Waals surface area contributed by atoms with Gasteiger partial charge in [0.25, 0.3) is 0 Å². The Morgan fingerprint density at radius 1 is 1.27 bits per heavy atom. The van der Waals surface area contributed by atoms with Crippen LogP contribution < -0.4 is 5.73 Å². The number of carbonyl (C=O) groups is 3. The maximum Gasteiger partial charge on any atom is 0.354 e. The summed E-state index contributed by atoms with van der Waals surface area (Å²) >= 11 is 0. The van der Waals surface area contributed by atoms with Crippen LogP contribution in [0.3, 0.4) is 0 Å². The number of nitrogens with zero attached hydrogens (tertiary/aromatic N) is 1. The molecule has 2 unspecified atom stereocenters. The smallest absolute Gasteiger partial charge is 0.354 e. The van der Waals surface area contributed by atoms with Gasteiger partial charge < -0.3 is 15.2 Å². The van der Waals surface area contributed by atoms with Crippen molar-refractivity contribution in [2.24, 2.45) is 5.73 Å². The summed E-state index contributed by atoms with van der Waals surface area (Å²) in [6.07, 6.45) is 0.361. The van der Waals surface area contributed by atoms with E-state index in [0.29, 0.717) is 17.6 Å². The zero-order chi connectivity index (χ0) is 17.0. The maximum absolute atomic E-state index is 12.0. The van der Waals surface area contributed by atoms with Crippen LogP contribution in [-0.2, 0) is 23.9 Å². The molecule has 2 N–H and O–H groups in total. The molecule has 7 nitrogen and oxygen atoms in total. The highest BCUT2D eigenvalue weighted by molar-refractivity contribution is 6.00. The normalized spacial score (nSPS) is 20.0. The van der Waals surface area contributed by atoms with E-state index >= 15 is 0 Å². The lowest BCUT2D eigenvalue weighted by Crippen LogP contribution is -2.68. The van der Waals surface area contributed by atoms with Crippen LogP contribution >= 0.6 is 0 Å². The molecule has 0 aromatic carbocycles. The van der Waals surface area contributed by atoms with Gasteiger partial charge in [-0.25, -0.2) is 4.79 Å². The summed E-state index contributed by atoms with van der Waals surface area (Å²) in [5.41, 5.74) is 7.24. The van der Waals surface area contributed by atoms with Crippen molar-refractivity contribution < 1.29 is 23.9 Å². The van der Waals surface area contributed by atoms with Gasteiger partial charge in [0, 0.05) is 0 Å². The minimum Gasteiger partial charge on any atom is -0.469 e. The minimum absolute atomic E-state index is 0.0458. The monoisotopic (exact) mass is 310 g/mol. The number of carbonyl (C=O) groups excluding carboxylic acids is 3. The second-order valence-electron chi connectivity index (χ2n) is 5.35. The van der Waals surface area contributed by atoms with Gasteiger partial charge in [0.05, 0.1) is 26.7 Å². The van der Waals surface area contributed by atoms with Crippen molar-refractivity contribution >= 4 is 17.8 Å². The third-order valence-electron chi connectivity index (χ3n) is 3.48. The summed E-state index contributed by atoms with van der Waals surface area (Å²) in [6.45, 7) is 7.23. The van der Waals surface area contributed by atoms with Gasteiger partial charge in [-0.3, -0.25) is 14.5 Å². The third kappa shape index (κ3) is 3.54. The first-order valence-electron chi connectivity index (χ1n) is 6.82. The molecule has 0 spiro atoms. The van der Waals surface area contributed by atoms with Gasteiger partial charge in [-0.1, -0.05) is 12.2 Å². The summed E-state index contributed by atoms with van der Waals surface area (Å²) in [7, 11) is 2.54. The molecule has 7 heteroatoms. The van der Waals surface area contributed by atoms with E-state index < -0.39 is 24.0 Å². The molecule has 2 atom stereocenters. The van der Waals surface area contributed by atoms with Gasteiger partial charge in [0.15, 0.2) is 0 Å². The zero-order valence-corrected chi connectivity index (χ0v) is 13.3. The van der Waals surface area contributed by atoms with Crippen LogP contribution in [0, 0.1) is 0 Å². The van der Waals surface area contributed by atoms with Crippen molar-refractivity contribution in [3.05, 3.63) is 23.4 Å². The molecule has 1 amide bonds. The maximum atomic E-state index is 12.0. The number of allylic oxidation sites excluding steroid dienone is 1. The van der Waals surface area contributed by atoms with Crippen LogP contribution in [0.25, 0.3) is 0 Å². The number of esters is 2. The van der Waals surface area contributed by atoms with Gasteiger partial charge in [0.2, 0.25) is 5.91 Å². The van der Waals surface area contributed by atoms with Crippen LogP contribution in [0.5, 0.6) is 0 Å².